The number of fused-ring (bicyclic) bond motifs is 1. The summed E-state index contributed by atoms with van der Waals surface area (Å²) in [6, 6.07) is 5.01. The summed E-state index contributed by atoms with van der Waals surface area (Å²) in [5.41, 5.74) is 1.12. The highest BCUT2D eigenvalue weighted by Gasteiger charge is 2.12. The Labute approximate surface area is 112 Å². The van der Waals surface area contributed by atoms with Gasteiger partial charge in [0.2, 0.25) is 0 Å². The molecule has 0 saturated carbocycles. The topological polar surface area (TPSA) is 114 Å². The fourth-order valence-electron chi connectivity index (χ4n) is 1.52. The highest BCUT2D eigenvalue weighted by Crippen LogP contribution is 2.23. The highest BCUT2D eigenvalue weighted by atomic mass is 32.2. The van der Waals surface area contributed by atoms with Gasteiger partial charge in [-0.25, -0.2) is 9.79 Å². The molecule has 0 aliphatic carbocycles. The van der Waals surface area contributed by atoms with Crippen molar-refractivity contribution in [1.82, 2.24) is 15.5 Å². The molecule has 0 aliphatic rings. The third-order valence-electron chi connectivity index (χ3n) is 2.34. The number of carbonyl (C=O) groups is 1. The molecule has 0 atom stereocenters. The first-order valence-electron chi connectivity index (χ1n) is 5.15. The minimum Gasteiger partial charge on any atom is -0.476 e. The van der Waals surface area contributed by atoms with Crippen LogP contribution >= 0.6 is 11.8 Å². The molecule has 96 valence electrons. The van der Waals surface area contributed by atoms with Gasteiger partial charge in [0.05, 0.1) is 11.2 Å². The summed E-state index contributed by atoms with van der Waals surface area (Å²) in [7, 11) is 0. The second kappa shape index (κ2) is 5.41. The number of thioether (sulfide) groups is 1. The Morgan fingerprint density at radius 2 is 2.42 bits per heavy atom. The zero-order valence-corrected chi connectivity index (χ0v) is 10.7. The second-order valence-corrected chi connectivity index (χ2v) is 4.26. The molecule has 7 nitrogen and oxygen atoms in total. The lowest BCUT2D eigenvalue weighted by atomic mass is 10.2. The van der Waals surface area contributed by atoms with Crippen molar-refractivity contribution in [2.45, 2.75) is 0 Å². The standard InChI is InChI=1S/C11H9N5O2S/c1-19-11(13-5-12)14-6-2-3-8-7(4-6)9(10(17)18)16-15-8/h2-4H,1H3,(H,13,14)(H,15,16)(H,17,18). The van der Waals surface area contributed by atoms with Gasteiger partial charge in [0.25, 0.3) is 0 Å². The molecule has 0 aliphatic heterocycles. The normalized spacial score (nSPS) is 11.3. The molecule has 1 heterocycles. The van der Waals surface area contributed by atoms with E-state index in [-0.39, 0.29) is 5.69 Å². The van der Waals surface area contributed by atoms with Crippen LogP contribution in [0, 0.1) is 11.5 Å². The predicted octanol–water partition coefficient (Wildman–Crippen LogP) is 1.68. The summed E-state index contributed by atoms with van der Waals surface area (Å²) in [4.78, 5) is 15.2. The summed E-state index contributed by atoms with van der Waals surface area (Å²) in [6.07, 6.45) is 3.57. The first-order chi connectivity index (χ1) is 9.15. The Hall–Kier alpha value is -2.53. The largest absolute Gasteiger partial charge is 0.476 e. The first kappa shape index (κ1) is 12.9. The van der Waals surface area contributed by atoms with Gasteiger partial charge in [-0.15, -0.1) is 0 Å². The molecule has 0 fully saturated rings. The van der Waals surface area contributed by atoms with Crippen LogP contribution in [0.2, 0.25) is 0 Å². The molecule has 3 N–H and O–H groups in total. The van der Waals surface area contributed by atoms with E-state index in [0.29, 0.717) is 21.8 Å². The van der Waals surface area contributed by atoms with Crippen LogP contribution in [-0.4, -0.2) is 32.7 Å². The minimum atomic E-state index is -1.10. The fraction of sp³-hybridized carbons (Fsp3) is 0.0909. The molecule has 0 saturated heterocycles. The van der Waals surface area contributed by atoms with E-state index in [1.165, 1.54) is 11.8 Å². The van der Waals surface area contributed by atoms with Crippen LogP contribution in [0.25, 0.3) is 10.9 Å². The smallest absolute Gasteiger partial charge is 0.357 e. The maximum Gasteiger partial charge on any atom is 0.357 e. The van der Waals surface area contributed by atoms with Gasteiger partial charge < -0.3 is 5.11 Å². The number of carboxylic acid groups (broad SMARTS) is 1. The number of hydrogen-bond acceptors (Lipinski definition) is 5. The zero-order valence-electron chi connectivity index (χ0n) is 9.84. The Morgan fingerprint density at radius 3 is 3.05 bits per heavy atom. The summed E-state index contributed by atoms with van der Waals surface area (Å²) in [6.45, 7) is 0. The Bertz CT molecular complexity index is 701. The first-order valence-corrected chi connectivity index (χ1v) is 6.37. The molecule has 0 spiro atoms. The van der Waals surface area contributed by atoms with E-state index in [1.54, 1.807) is 30.6 Å². The van der Waals surface area contributed by atoms with E-state index in [4.69, 9.17) is 10.4 Å². The van der Waals surface area contributed by atoms with Crippen molar-refractivity contribution in [1.29, 1.82) is 5.26 Å². The van der Waals surface area contributed by atoms with Crippen molar-refractivity contribution in [2.75, 3.05) is 6.26 Å². The van der Waals surface area contributed by atoms with Gasteiger partial charge in [-0.2, -0.15) is 10.4 Å². The number of amidine groups is 1. The third kappa shape index (κ3) is 2.66. The molecule has 2 aromatic rings. The highest BCUT2D eigenvalue weighted by molar-refractivity contribution is 8.13. The monoisotopic (exact) mass is 275 g/mol. The SMILES string of the molecule is CSC(=Nc1ccc2[nH]nc(C(=O)O)c2c1)NC#N. The lowest BCUT2D eigenvalue weighted by Crippen LogP contribution is -2.12. The Kier molecular flexibility index (Phi) is 3.68. The number of H-pyrrole nitrogens is 1. The van der Waals surface area contributed by atoms with Gasteiger partial charge in [0, 0.05) is 5.39 Å². The van der Waals surface area contributed by atoms with E-state index in [0.717, 1.165) is 0 Å². The number of aliphatic imine (C=N–C) groups is 1. The average molecular weight is 275 g/mol. The summed E-state index contributed by atoms with van der Waals surface area (Å²) < 4.78 is 0. The quantitative estimate of drug-likeness (QED) is 0.332. The number of carboxylic acids is 1. The number of rotatable bonds is 2. The van der Waals surface area contributed by atoms with Gasteiger partial charge in [-0.1, -0.05) is 11.8 Å². The number of aromatic nitrogens is 2. The number of benzene rings is 1. The fourth-order valence-corrected chi connectivity index (χ4v) is 1.87. The van der Waals surface area contributed by atoms with Crippen molar-refractivity contribution in [3.05, 3.63) is 23.9 Å². The van der Waals surface area contributed by atoms with Crippen molar-refractivity contribution < 1.29 is 9.90 Å². The lowest BCUT2D eigenvalue weighted by molar-refractivity contribution is 0.0692. The van der Waals surface area contributed by atoms with Crippen LogP contribution in [-0.2, 0) is 0 Å². The number of aromatic carboxylic acids is 1. The van der Waals surface area contributed by atoms with Crippen LogP contribution in [0.1, 0.15) is 10.5 Å². The molecule has 0 radical (unpaired) electrons. The molecule has 1 aromatic carbocycles. The van der Waals surface area contributed by atoms with Crippen molar-refractivity contribution in [3.63, 3.8) is 0 Å². The Balaban J connectivity index is 2.49. The molecule has 8 heteroatoms. The second-order valence-electron chi connectivity index (χ2n) is 3.47. The van der Waals surface area contributed by atoms with Crippen molar-refractivity contribution in [3.8, 4) is 6.19 Å². The molecular weight excluding hydrogens is 266 g/mol. The maximum absolute atomic E-state index is 11.0. The number of nitrogens with one attached hydrogen (secondary N) is 2. The predicted molar refractivity (Wildman–Crippen MR) is 72.4 cm³/mol. The van der Waals surface area contributed by atoms with E-state index >= 15 is 0 Å². The average Bonchev–Trinajstić information content (AvgIpc) is 2.81. The Morgan fingerprint density at radius 1 is 1.63 bits per heavy atom. The van der Waals surface area contributed by atoms with E-state index < -0.39 is 5.97 Å². The number of nitrogens with zero attached hydrogens (tertiary/aromatic N) is 3. The van der Waals surface area contributed by atoms with E-state index in [2.05, 4.69) is 20.5 Å². The van der Waals surface area contributed by atoms with Crippen molar-refractivity contribution >= 4 is 39.5 Å². The van der Waals surface area contributed by atoms with Gasteiger partial charge >= 0.3 is 5.97 Å². The summed E-state index contributed by atoms with van der Waals surface area (Å²) in [5.74, 6) is -1.10. The lowest BCUT2D eigenvalue weighted by Gasteiger charge is -2.00. The van der Waals surface area contributed by atoms with Gasteiger partial charge in [0.15, 0.2) is 17.1 Å². The number of hydrogen-bond donors (Lipinski definition) is 3. The van der Waals surface area contributed by atoms with Crippen LogP contribution in [0.3, 0.4) is 0 Å². The molecule has 1 aromatic heterocycles. The summed E-state index contributed by atoms with van der Waals surface area (Å²) in [5, 5.41) is 27.3. The molecule has 0 unspecified atom stereocenters. The van der Waals surface area contributed by atoms with Crippen molar-refractivity contribution in [2.24, 2.45) is 4.99 Å². The molecule has 0 bridgehead atoms. The zero-order chi connectivity index (χ0) is 13.8. The number of nitriles is 1. The van der Waals surface area contributed by atoms with E-state index in [1.807, 2.05) is 0 Å². The van der Waals surface area contributed by atoms with Crippen LogP contribution in [0.5, 0.6) is 0 Å². The molecule has 19 heavy (non-hydrogen) atoms. The van der Waals surface area contributed by atoms with Crippen LogP contribution in [0.15, 0.2) is 23.2 Å². The maximum atomic E-state index is 11.0. The van der Waals surface area contributed by atoms with E-state index in [9.17, 15) is 4.79 Å². The molecule has 2 rings (SSSR count). The van der Waals surface area contributed by atoms with Crippen LogP contribution < -0.4 is 5.32 Å². The third-order valence-corrected chi connectivity index (χ3v) is 2.92. The summed E-state index contributed by atoms with van der Waals surface area (Å²) >= 11 is 1.28. The minimum absolute atomic E-state index is 0.0500. The van der Waals surface area contributed by atoms with Gasteiger partial charge in [-0.3, -0.25) is 10.4 Å². The molecule has 0 amide bonds. The number of aromatic amines is 1. The van der Waals surface area contributed by atoms with Gasteiger partial charge in [-0.05, 0) is 24.5 Å². The molecular formula is C11H9N5O2S. The van der Waals surface area contributed by atoms with Gasteiger partial charge in [0.1, 0.15) is 0 Å². The van der Waals surface area contributed by atoms with Crippen LogP contribution in [0.4, 0.5) is 5.69 Å².